The van der Waals surface area contributed by atoms with E-state index < -0.39 is 11.7 Å². The minimum Gasteiger partial charge on any atom is -0.384 e. The van der Waals surface area contributed by atoms with Crippen molar-refractivity contribution in [3.8, 4) is 5.69 Å². The molecule has 0 aliphatic heterocycles. The van der Waals surface area contributed by atoms with Crippen molar-refractivity contribution in [1.29, 1.82) is 0 Å². The lowest BCUT2D eigenvalue weighted by molar-refractivity contribution is -0.137. The summed E-state index contributed by atoms with van der Waals surface area (Å²) in [5.41, 5.74) is -0.466. The van der Waals surface area contributed by atoms with Gasteiger partial charge in [-0.3, -0.25) is 0 Å². The standard InChI is InChI=1S/C15H15F3N6O/c1-25-8-5-13-20-14(10-23-7-6-19-22-23)24(21-13)12-4-2-3-11(9-12)15(16,17)18/h2-4,6-7,9H,5,8,10H2,1H3. The second-order valence-electron chi connectivity index (χ2n) is 5.25. The van der Waals surface area contributed by atoms with Crippen molar-refractivity contribution >= 4 is 0 Å². The van der Waals surface area contributed by atoms with E-state index in [0.717, 1.165) is 12.1 Å². The highest BCUT2D eigenvalue weighted by Gasteiger charge is 2.30. The highest BCUT2D eigenvalue weighted by molar-refractivity contribution is 5.37. The molecule has 0 atom stereocenters. The summed E-state index contributed by atoms with van der Waals surface area (Å²) in [6.45, 7) is 0.644. The number of aromatic nitrogens is 6. The summed E-state index contributed by atoms with van der Waals surface area (Å²) in [5.74, 6) is 0.935. The van der Waals surface area contributed by atoms with E-state index in [0.29, 0.717) is 24.7 Å². The van der Waals surface area contributed by atoms with E-state index in [1.807, 2.05) is 0 Å². The summed E-state index contributed by atoms with van der Waals surface area (Å²) in [6, 6.07) is 4.95. The van der Waals surface area contributed by atoms with E-state index in [9.17, 15) is 13.2 Å². The largest absolute Gasteiger partial charge is 0.416 e. The van der Waals surface area contributed by atoms with E-state index in [2.05, 4.69) is 20.4 Å². The van der Waals surface area contributed by atoms with Crippen LogP contribution in [-0.2, 0) is 23.9 Å². The molecule has 0 aliphatic carbocycles. The van der Waals surface area contributed by atoms with Gasteiger partial charge in [0, 0.05) is 19.7 Å². The fourth-order valence-electron chi connectivity index (χ4n) is 2.28. The van der Waals surface area contributed by atoms with Crippen LogP contribution >= 0.6 is 0 Å². The molecule has 0 saturated heterocycles. The third-order valence-electron chi connectivity index (χ3n) is 3.44. The van der Waals surface area contributed by atoms with E-state index in [4.69, 9.17) is 4.74 Å². The molecule has 2 heterocycles. The van der Waals surface area contributed by atoms with Crippen molar-refractivity contribution in [3.05, 3.63) is 53.9 Å². The molecule has 0 radical (unpaired) electrons. The van der Waals surface area contributed by atoms with Gasteiger partial charge in [0.05, 0.1) is 24.1 Å². The third-order valence-corrected chi connectivity index (χ3v) is 3.44. The number of nitrogens with zero attached hydrogens (tertiary/aromatic N) is 6. The molecule has 3 aromatic rings. The maximum Gasteiger partial charge on any atom is 0.416 e. The maximum atomic E-state index is 13.0. The molecule has 1 aromatic carbocycles. The predicted molar refractivity (Wildman–Crippen MR) is 81.1 cm³/mol. The van der Waals surface area contributed by atoms with Crippen molar-refractivity contribution in [1.82, 2.24) is 29.8 Å². The second-order valence-corrected chi connectivity index (χ2v) is 5.25. The van der Waals surface area contributed by atoms with Crippen molar-refractivity contribution in [3.63, 3.8) is 0 Å². The fraction of sp³-hybridized carbons (Fsp3) is 0.333. The first-order valence-corrected chi connectivity index (χ1v) is 7.43. The van der Waals surface area contributed by atoms with Gasteiger partial charge in [0.2, 0.25) is 0 Å². The molecular formula is C15H15F3N6O. The lowest BCUT2D eigenvalue weighted by Crippen LogP contribution is -2.11. The number of methoxy groups -OCH3 is 1. The molecule has 0 spiro atoms. The molecular weight excluding hydrogens is 337 g/mol. The van der Waals surface area contributed by atoms with Gasteiger partial charge in [-0.1, -0.05) is 11.3 Å². The monoisotopic (exact) mass is 352 g/mol. The lowest BCUT2D eigenvalue weighted by atomic mass is 10.2. The first-order chi connectivity index (χ1) is 12.0. The molecule has 0 saturated carbocycles. The Morgan fingerprint density at radius 3 is 2.76 bits per heavy atom. The topological polar surface area (TPSA) is 70.7 Å². The summed E-state index contributed by atoms with van der Waals surface area (Å²) in [6.07, 6.45) is -0.828. The molecule has 25 heavy (non-hydrogen) atoms. The maximum absolute atomic E-state index is 13.0. The van der Waals surface area contributed by atoms with Crippen LogP contribution < -0.4 is 0 Å². The molecule has 10 heteroatoms. The molecule has 0 bridgehead atoms. The smallest absolute Gasteiger partial charge is 0.384 e. The summed E-state index contributed by atoms with van der Waals surface area (Å²) in [5, 5.41) is 11.9. The molecule has 7 nitrogen and oxygen atoms in total. The van der Waals surface area contributed by atoms with Crippen LogP contribution in [0.15, 0.2) is 36.7 Å². The van der Waals surface area contributed by atoms with Gasteiger partial charge >= 0.3 is 6.18 Å². The van der Waals surface area contributed by atoms with Gasteiger partial charge in [-0.15, -0.1) is 5.10 Å². The molecule has 0 unspecified atom stereocenters. The van der Waals surface area contributed by atoms with E-state index in [-0.39, 0.29) is 12.2 Å². The Morgan fingerprint density at radius 1 is 1.24 bits per heavy atom. The van der Waals surface area contributed by atoms with Crippen molar-refractivity contribution < 1.29 is 17.9 Å². The zero-order valence-corrected chi connectivity index (χ0v) is 13.3. The van der Waals surface area contributed by atoms with Crippen LogP contribution in [0.1, 0.15) is 17.2 Å². The van der Waals surface area contributed by atoms with Crippen LogP contribution in [0, 0.1) is 0 Å². The predicted octanol–water partition coefficient (Wildman–Crippen LogP) is 2.11. The number of alkyl halides is 3. The Morgan fingerprint density at radius 2 is 2.08 bits per heavy atom. The summed E-state index contributed by atoms with van der Waals surface area (Å²) >= 11 is 0. The first kappa shape index (κ1) is 17.1. The van der Waals surface area contributed by atoms with Crippen LogP contribution in [0.4, 0.5) is 13.2 Å². The third kappa shape index (κ3) is 4.02. The molecule has 2 aromatic heterocycles. The molecule has 0 amide bonds. The van der Waals surface area contributed by atoms with Crippen LogP contribution in [0.3, 0.4) is 0 Å². The number of rotatable bonds is 6. The molecule has 0 fully saturated rings. The average molecular weight is 352 g/mol. The Labute approximate surface area is 141 Å². The molecule has 132 valence electrons. The lowest BCUT2D eigenvalue weighted by Gasteiger charge is -2.10. The number of ether oxygens (including phenoxy) is 1. The SMILES string of the molecule is COCCc1nc(Cn2ccnn2)n(-c2cccc(C(F)(F)F)c2)n1. The fourth-order valence-corrected chi connectivity index (χ4v) is 2.28. The zero-order chi connectivity index (χ0) is 17.9. The molecule has 0 aliphatic rings. The second kappa shape index (κ2) is 7.01. The minimum atomic E-state index is -4.43. The quantitative estimate of drug-likeness (QED) is 0.680. The normalized spacial score (nSPS) is 11.8. The molecule has 0 N–H and O–H groups in total. The van der Waals surface area contributed by atoms with Crippen molar-refractivity contribution in [2.24, 2.45) is 0 Å². The van der Waals surface area contributed by atoms with Gasteiger partial charge in [-0.05, 0) is 18.2 Å². The highest BCUT2D eigenvalue weighted by atomic mass is 19.4. The van der Waals surface area contributed by atoms with Crippen LogP contribution in [0.5, 0.6) is 0 Å². The number of benzene rings is 1. The van der Waals surface area contributed by atoms with Gasteiger partial charge in [0.25, 0.3) is 0 Å². The highest BCUT2D eigenvalue weighted by Crippen LogP contribution is 2.30. The van der Waals surface area contributed by atoms with E-state index in [1.54, 1.807) is 19.4 Å². The first-order valence-electron chi connectivity index (χ1n) is 7.43. The van der Waals surface area contributed by atoms with Crippen LogP contribution in [0.2, 0.25) is 0 Å². The Kier molecular flexibility index (Phi) is 4.79. The van der Waals surface area contributed by atoms with Gasteiger partial charge in [-0.2, -0.15) is 18.3 Å². The zero-order valence-electron chi connectivity index (χ0n) is 13.3. The van der Waals surface area contributed by atoms with Crippen molar-refractivity contribution in [2.45, 2.75) is 19.1 Å². The van der Waals surface area contributed by atoms with Crippen molar-refractivity contribution in [2.75, 3.05) is 13.7 Å². The number of halogens is 3. The van der Waals surface area contributed by atoms with E-state index in [1.165, 1.54) is 21.6 Å². The Hall–Kier alpha value is -2.75. The average Bonchev–Trinajstić information content (AvgIpc) is 3.22. The van der Waals surface area contributed by atoms with E-state index >= 15 is 0 Å². The van der Waals surface area contributed by atoms with Gasteiger partial charge in [-0.25, -0.2) is 14.3 Å². The Bertz CT molecular complexity index is 828. The van der Waals surface area contributed by atoms with Gasteiger partial charge in [0.1, 0.15) is 6.54 Å². The van der Waals surface area contributed by atoms with Gasteiger partial charge in [0.15, 0.2) is 11.6 Å². The minimum absolute atomic E-state index is 0.232. The van der Waals surface area contributed by atoms with Crippen LogP contribution in [-0.4, -0.2) is 43.5 Å². The summed E-state index contributed by atoms with van der Waals surface area (Å²) in [4.78, 5) is 4.39. The summed E-state index contributed by atoms with van der Waals surface area (Å²) < 4.78 is 46.8. The number of hydrogen-bond acceptors (Lipinski definition) is 5. The molecule has 3 rings (SSSR count). The summed E-state index contributed by atoms with van der Waals surface area (Å²) in [7, 11) is 1.56. The number of hydrogen-bond donors (Lipinski definition) is 0. The van der Waals surface area contributed by atoms with Gasteiger partial charge < -0.3 is 4.74 Å². The Balaban J connectivity index is 1.99. The van der Waals surface area contributed by atoms with Crippen LogP contribution in [0.25, 0.3) is 5.69 Å².